The molecule has 1 atom stereocenters. The molecule has 0 saturated carbocycles. The van der Waals surface area contributed by atoms with E-state index in [1.54, 1.807) is 0 Å². The smallest absolute Gasteiger partial charge is 0.00186 e. The van der Waals surface area contributed by atoms with Crippen LogP contribution in [0.3, 0.4) is 0 Å². The first-order chi connectivity index (χ1) is 7.24. The third-order valence-electron chi connectivity index (χ3n) is 3.02. The highest BCUT2D eigenvalue weighted by Crippen LogP contribution is 2.23. The predicted octanol–water partition coefficient (Wildman–Crippen LogP) is 3.26. The molecule has 0 fully saturated rings. The number of rotatable bonds is 5. The van der Waals surface area contributed by atoms with Gasteiger partial charge in [-0.3, -0.25) is 0 Å². The summed E-state index contributed by atoms with van der Waals surface area (Å²) in [4.78, 5) is 2.27. The summed E-state index contributed by atoms with van der Waals surface area (Å²) < 4.78 is 0. The van der Waals surface area contributed by atoms with Gasteiger partial charge >= 0.3 is 0 Å². The Morgan fingerprint density at radius 1 is 1.07 bits per heavy atom. The Bertz CT molecular complexity index is 232. The zero-order valence-electron chi connectivity index (χ0n) is 10.2. The SMILES string of the molecule is CCC(CCN(C)C)C1C=CC=CC=C1. The summed E-state index contributed by atoms with van der Waals surface area (Å²) >= 11 is 0. The van der Waals surface area contributed by atoms with Gasteiger partial charge in [0.15, 0.2) is 0 Å². The third-order valence-corrected chi connectivity index (χ3v) is 3.02. The monoisotopic (exact) mass is 205 g/mol. The molecule has 1 aliphatic carbocycles. The Hall–Kier alpha value is -0.820. The first-order valence-electron chi connectivity index (χ1n) is 5.90. The minimum absolute atomic E-state index is 0.616. The number of hydrogen-bond donors (Lipinski definition) is 0. The molecule has 84 valence electrons. The highest BCUT2D eigenvalue weighted by molar-refractivity contribution is 5.20. The van der Waals surface area contributed by atoms with Crippen molar-refractivity contribution in [2.45, 2.75) is 19.8 Å². The van der Waals surface area contributed by atoms with E-state index in [-0.39, 0.29) is 0 Å². The zero-order valence-corrected chi connectivity index (χ0v) is 10.2. The summed E-state index contributed by atoms with van der Waals surface area (Å²) in [6.45, 7) is 3.48. The van der Waals surface area contributed by atoms with E-state index < -0.39 is 0 Å². The quantitative estimate of drug-likeness (QED) is 0.666. The Morgan fingerprint density at radius 3 is 2.13 bits per heavy atom. The van der Waals surface area contributed by atoms with Gasteiger partial charge in [0.1, 0.15) is 0 Å². The maximum absolute atomic E-state index is 2.32. The van der Waals surface area contributed by atoms with Gasteiger partial charge in [-0.1, -0.05) is 49.8 Å². The van der Waals surface area contributed by atoms with Crippen LogP contribution in [0.1, 0.15) is 19.8 Å². The van der Waals surface area contributed by atoms with Gasteiger partial charge in [0.05, 0.1) is 0 Å². The first kappa shape index (κ1) is 12.3. The maximum atomic E-state index is 2.32. The van der Waals surface area contributed by atoms with Crippen LogP contribution in [0.15, 0.2) is 36.5 Å². The molecule has 0 aromatic rings. The largest absolute Gasteiger partial charge is 0.309 e. The van der Waals surface area contributed by atoms with Crippen LogP contribution < -0.4 is 0 Å². The zero-order chi connectivity index (χ0) is 11.1. The molecule has 0 amide bonds. The Morgan fingerprint density at radius 2 is 1.67 bits per heavy atom. The predicted molar refractivity (Wildman–Crippen MR) is 67.9 cm³/mol. The lowest BCUT2D eigenvalue weighted by molar-refractivity contribution is 0.321. The van der Waals surface area contributed by atoms with Crippen LogP contribution in [0.4, 0.5) is 0 Å². The van der Waals surface area contributed by atoms with Gasteiger partial charge in [0, 0.05) is 0 Å². The molecule has 0 N–H and O–H groups in total. The van der Waals surface area contributed by atoms with Gasteiger partial charge < -0.3 is 4.90 Å². The lowest BCUT2D eigenvalue weighted by Gasteiger charge is -2.22. The van der Waals surface area contributed by atoms with Crippen LogP contribution >= 0.6 is 0 Å². The Kier molecular flexibility index (Phi) is 5.41. The molecule has 1 rings (SSSR count). The fraction of sp³-hybridized carbons (Fsp3) is 0.571. The number of allylic oxidation sites excluding steroid dienone is 6. The molecule has 0 saturated heterocycles. The standard InChI is InChI=1S/C14H23N/c1-4-13(11-12-15(2)3)14-9-7-5-6-8-10-14/h5-10,13-14H,4,11-12H2,1-3H3. The highest BCUT2D eigenvalue weighted by Gasteiger charge is 2.14. The molecule has 0 aromatic carbocycles. The molecule has 0 aromatic heterocycles. The van der Waals surface area contributed by atoms with Gasteiger partial charge in [-0.05, 0) is 38.9 Å². The molecular weight excluding hydrogens is 182 g/mol. The molecule has 1 aliphatic rings. The fourth-order valence-electron chi connectivity index (χ4n) is 1.98. The molecule has 0 aliphatic heterocycles. The molecule has 0 bridgehead atoms. The molecule has 0 heterocycles. The van der Waals surface area contributed by atoms with E-state index in [4.69, 9.17) is 0 Å². The summed E-state index contributed by atoms with van der Waals surface area (Å²) in [5.41, 5.74) is 0. The average Bonchev–Trinajstić information content (AvgIpc) is 2.47. The van der Waals surface area contributed by atoms with Crippen molar-refractivity contribution in [3.8, 4) is 0 Å². The second-order valence-electron chi connectivity index (χ2n) is 4.49. The lowest BCUT2D eigenvalue weighted by Crippen LogP contribution is -2.19. The van der Waals surface area contributed by atoms with Crippen molar-refractivity contribution in [2.75, 3.05) is 20.6 Å². The van der Waals surface area contributed by atoms with Crippen molar-refractivity contribution in [3.05, 3.63) is 36.5 Å². The van der Waals surface area contributed by atoms with E-state index in [1.807, 2.05) is 0 Å². The van der Waals surface area contributed by atoms with E-state index in [9.17, 15) is 0 Å². The lowest BCUT2D eigenvalue weighted by atomic mass is 9.87. The molecular formula is C14H23N. The van der Waals surface area contributed by atoms with Crippen LogP contribution in [0.5, 0.6) is 0 Å². The summed E-state index contributed by atoms with van der Waals surface area (Å²) in [6, 6.07) is 0. The van der Waals surface area contributed by atoms with Crippen LogP contribution in [0, 0.1) is 11.8 Å². The van der Waals surface area contributed by atoms with Crippen molar-refractivity contribution in [1.29, 1.82) is 0 Å². The van der Waals surface area contributed by atoms with Gasteiger partial charge in [0.25, 0.3) is 0 Å². The van der Waals surface area contributed by atoms with Crippen LogP contribution in [0.2, 0.25) is 0 Å². The van der Waals surface area contributed by atoms with E-state index in [0.29, 0.717) is 5.92 Å². The summed E-state index contributed by atoms with van der Waals surface area (Å²) in [5, 5.41) is 0. The van der Waals surface area contributed by atoms with Gasteiger partial charge in [-0.25, -0.2) is 0 Å². The normalized spacial score (nSPS) is 18.4. The summed E-state index contributed by atoms with van der Waals surface area (Å²) in [5.74, 6) is 1.39. The minimum Gasteiger partial charge on any atom is -0.309 e. The third kappa shape index (κ3) is 4.48. The fourth-order valence-corrected chi connectivity index (χ4v) is 1.98. The topological polar surface area (TPSA) is 3.24 Å². The minimum atomic E-state index is 0.616. The van der Waals surface area contributed by atoms with Crippen LogP contribution in [-0.4, -0.2) is 25.5 Å². The van der Waals surface area contributed by atoms with Crippen molar-refractivity contribution < 1.29 is 0 Å². The number of hydrogen-bond acceptors (Lipinski definition) is 1. The van der Waals surface area contributed by atoms with E-state index in [0.717, 1.165) is 5.92 Å². The van der Waals surface area contributed by atoms with E-state index in [1.165, 1.54) is 19.4 Å². The summed E-state index contributed by atoms with van der Waals surface area (Å²) in [7, 11) is 4.29. The molecule has 0 spiro atoms. The van der Waals surface area contributed by atoms with Crippen molar-refractivity contribution in [3.63, 3.8) is 0 Å². The van der Waals surface area contributed by atoms with E-state index >= 15 is 0 Å². The Balaban J connectivity index is 2.50. The maximum Gasteiger partial charge on any atom is -0.00186 e. The first-order valence-corrected chi connectivity index (χ1v) is 5.90. The van der Waals surface area contributed by atoms with Crippen molar-refractivity contribution in [2.24, 2.45) is 11.8 Å². The van der Waals surface area contributed by atoms with E-state index in [2.05, 4.69) is 62.4 Å². The second kappa shape index (κ2) is 6.62. The summed E-state index contributed by atoms with van der Waals surface area (Å²) in [6.07, 6.45) is 15.7. The highest BCUT2D eigenvalue weighted by atomic mass is 15.0. The van der Waals surface area contributed by atoms with Crippen molar-refractivity contribution in [1.82, 2.24) is 4.90 Å². The van der Waals surface area contributed by atoms with Gasteiger partial charge in [-0.15, -0.1) is 0 Å². The average molecular weight is 205 g/mol. The molecule has 1 unspecified atom stereocenters. The van der Waals surface area contributed by atoms with Crippen molar-refractivity contribution >= 4 is 0 Å². The van der Waals surface area contributed by atoms with Gasteiger partial charge in [-0.2, -0.15) is 0 Å². The molecule has 0 radical (unpaired) electrons. The molecule has 1 nitrogen and oxygen atoms in total. The second-order valence-corrected chi connectivity index (χ2v) is 4.49. The number of nitrogens with zero attached hydrogens (tertiary/aromatic N) is 1. The Labute approximate surface area is 94.2 Å². The molecule has 15 heavy (non-hydrogen) atoms. The molecule has 1 heteroatoms. The van der Waals surface area contributed by atoms with Crippen LogP contribution in [-0.2, 0) is 0 Å². The van der Waals surface area contributed by atoms with Gasteiger partial charge in [0.2, 0.25) is 0 Å². The van der Waals surface area contributed by atoms with Crippen LogP contribution in [0.25, 0.3) is 0 Å².